The van der Waals surface area contributed by atoms with E-state index in [4.69, 9.17) is 5.73 Å². The van der Waals surface area contributed by atoms with Crippen LogP contribution >= 0.6 is 0 Å². The van der Waals surface area contributed by atoms with E-state index in [1.54, 1.807) is 12.1 Å². The quantitative estimate of drug-likeness (QED) is 0.699. The van der Waals surface area contributed by atoms with Crippen LogP contribution in [0.1, 0.15) is 5.56 Å². The van der Waals surface area contributed by atoms with Crippen LogP contribution in [0, 0.1) is 6.92 Å². The summed E-state index contributed by atoms with van der Waals surface area (Å²) in [6.45, 7) is 1.85. The van der Waals surface area contributed by atoms with Gasteiger partial charge in [-0.15, -0.1) is 0 Å². The van der Waals surface area contributed by atoms with Crippen LogP contribution in [0.4, 0.5) is 5.95 Å². The van der Waals surface area contributed by atoms with Gasteiger partial charge in [0.2, 0.25) is 5.95 Å². The van der Waals surface area contributed by atoms with Gasteiger partial charge in [0, 0.05) is 0 Å². The number of imidazole rings is 1. The fourth-order valence-corrected chi connectivity index (χ4v) is 3.14. The highest BCUT2D eigenvalue weighted by atomic mass is 32.2. The summed E-state index contributed by atoms with van der Waals surface area (Å²) in [6.07, 6.45) is 1.04. The van der Waals surface area contributed by atoms with Crippen molar-refractivity contribution in [2.24, 2.45) is 0 Å². The second-order valence-electron chi connectivity index (χ2n) is 4.48. The molecular weight excluding hydrogens is 294 g/mol. The topological polar surface area (TPSA) is 124 Å². The maximum Gasteiger partial charge on any atom is 0.280 e. The third kappa shape index (κ3) is 2.07. The number of fused-ring (bicyclic) bond motifs is 1. The number of nitrogens with one attached hydrogen (secondary N) is 1. The van der Waals surface area contributed by atoms with Crippen LogP contribution in [0.2, 0.25) is 0 Å². The Hall–Kier alpha value is -2.68. The van der Waals surface area contributed by atoms with E-state index < -0.39 is 15.6 Å². The molecule has 9 heteroatoms. The molecule has 0 aliphatic rings. The summed E-state index contributed by atoms with van der Waals surface area (Å²) in [5.74, 6) is -0.173. The van der Waals surface area contributed by atoms with Crippen LogP contribution in [0.5, 0.6) is 0 Å². The van der Waals surface area contributed by atoms with Gasteiger partial charge >= 0.3 is 0 Å². The molecular formula is C12H11N5O3S. The Morgan fingerprint density at radius 1 is 1.24 bits per heavy atom. The van der Waals surface area contributed by atoms with E-state index in [0.29, 0.717) is 0 Å². The van der Waals surface area contributed by atoms with Crippen LogP contribution in [0.25, 0.3) is 11.2 Å². The van der Waals surface area contributed by atoms with Crippen LogP contribution in [-0.2, 0) is 10.0 Å². The molecule has 108 valence electrons. The molecule has 0 aliphatic carbocycles. The van der Waals surface area contributed by atoms with E-state index in [2.05, 4.69) is 15.0 Å². The number of nitrogens with two attached hydrogens (primary N) is 1. The Balaban J connectivity index is 2.29. The number of H-pyrrole nitrogens is 1. The van der Waals surface area contributed by atoms with Crippen molar-refractivity contribution in [3.63, 3.8) is 0 Å². The molecule has 2 aromatic heterocycles. The third-order valence-electron chi connectivity index (χ3n) is 2.97. The summed E-state index contributed by atoms with van der Waals surface area (Å²) >= 11 is 0. The molecule has 0 radical (unpaired) electrons. The van der Waals surface area contributed by atoms with E-state index in [1.807, 2.05) is 6.92 Å². The number of anilines is 1. The standard InChI is InChI=1S/C12H11N5O3S/c1-7-2-4-8(5-3-7)21(19,20)17-6-14-9-10(17)15-12(13)16-11(9)18/h2-6H,1H3,(H3,13,15,16,18). The molecule has 21 heavy (non-hydrogen) atoms. The highest BCUT2D eigenvalue weighted by molar-refractivity contribution is 7.90. The number of aromatic nitrogens is 4. The fourth-order valence-electron chi connectivity index (χ4n) is 1.91. The molecule has 1 aromatic carbocycles. The van der Waals surface area contributed by atoms with Gasteiger partial charge in [0.1, 0.15) is 6.33 Å². The summed E-state index contributed by atoms with van der Waals surface area (Å²) in [6, 6.07) is 6.32. The molecule has 0 aliphatic heterocycles. The predicted molar refractivity (Wildman–Crippen MR) is 76.3 cm³/mol. The second kappa shape index (κ2) is 4.42. The van der Waals surface area contributed by atoms with Crippen molar-refractivity contribution < 1.29 is 8.42 Å². The van der Waals surface area contributed by atoms with Gasteiger partial charge in [-0.1, -0.05) is 17.7 Å². The van der Waals surface area contributed by atoms with Gasteiger partial charge in [0.25, 0.3) is 15.6 Å². The summed E-state index contributed by atoms with van der Waals surface area (Å²) in [5.41, 5.74) is 5.61. The normalized spacial score (nSPS) is 11.9. The van der Waals surface area contributed by atoms with E-state index >= 15 is 0 Å². The lowest BCUT2D eigenvalue weighted by molar-refractivity contribution is 0.588. The number of nitrogen functional groups attached to an aromatic ring is 1. The molecule has 0 spiro atoms. The highest BCUT2D eigenvalue weighted by Gasteiger charge is 2.21. The Morgan fingerprint density at radius 2 is 1.90 bits per heavy atom. The molecule has 0 saturated heterocycles. The zero-order chi connectivity index (χ0) is 15.2. The lowest BCUT2D eigenvalue weighted by atomic mass is 10.2. The maximum absolute atomic E-state index is 12.6. The molecule has 0 saturated carbocycles. The average molecular weight is 305 g/mol. The second-order valence-corrected chi connectivity index (χ2v) is 6.30. The highest BCUT2D eigenvalue weighted by Crippen LogP contribution is 2.18. The molecule has 3 rings (SSSR count). The van der Waals surface area contributed by atoms with Gasteiger partial charge in [0.15, 0.2) is 11.2 Å². The molecule has 3 N–H and O–H groups in total. The van der Waals surface area contributed by atoms with Gasteiger partial charge < -0.3 is 5.73 Å². The molecule has 0 amide bonds. The fraction of sp³-hybridized carbons (Fsp3) is 0.0833. The number of hydrogen-bond donors (Lipinski definition) is 2. The number of aryl methyl sites for hydroxylation is 1. The van der Waals surface area contributed by atoms with Gasteiger partial charge in [-0.05, 0) is 19.1 Å². The number of aromatic amines is 1. The maximum atomic E-state index is 12.6. The summed E-state index contributed by atoms with van der Waals surface area (Å²) in [5, 5.41) is 0. The van der Waals surface area contributed by atoms with Gasteiger partial charge in [-0.25, -0.2) is 17.4 Å². The van der Waals surface area contributed by atoms with Crippen molar-refractivity contribution >= 4 is 27.1 Å². The predicted octanol–water partition coefficient (Wildman–Crippen LogP) is 0.247. The van der Waals surface area contributed by atoms with Crippen molar-refractivity contribution in [1.82, 2.24) is 18.9 Å². The lowest BCUT2D eigenvalue weighted by Crippen LogP contribution is -2.16. The first kappa shape index (κ1) is 13.3. The molecule has 0 fully saturated rings. The number of nitrogens with zero attached hydrogens (tertiary/aromatic N) is 3. The molecule has 8 nitrogen and oxygen atoms in total. The molecule has 3 aromatic rings. The van der Waals surface area contributed by atoms with Crippen molar-refractivity contribution in [1.29, 1.82) is 0 Å². The van der Waals surface area contributed by atoms with E-state index in [-0.39, 0.29) is 22.0 Å². The van der Waals surface area contributed by atoms with E-state index in [0.717, 1.165) is 15.9 Å². The summed E-state index contributed by atoms with van der Waals surface area (Å²) in [4.78, 5) is 21.7. The molecule has 2 heterocycles. The van der Waals surface area contributed by atoms with Crippen LogP contribution < -0.4 is 11.3 Å². The zero-order valence-electron chi connectivity index (χ0n) is 10.9. The van der Waals surface area contributed by atoms with Crippen LogP contribution in [0.3, 0.4) is 0 Å². The number of rotatable bonds is 2. The van der Waals surface area contributed by atoms with Gasteiger partial charge in [-0.3, -0.25) is 9.78 Å². The average Bonchev–Trinajstić information content (AvgIpc) is 2.83. The minimum absolute atomic E-state index is 0.0769. The monoisotopic (exact) mass is 305 g/mol. The third-order valence-corrected chi connectivity index (χ3v) is 4.63. The zero-order valence-corrected chi connectivity index (χ0v) is 11.8. The van der Waals surface area contributed by atoms with Crippen molar-refractivity contribution in [3.05, 3.63) is 46.5 Å². The first-order chi connectivity index (χ1) is 9.89. The largest absolute Gasteiger partial charge is 0.369 e. The Bertz CT molecular complexity index is 986. The van der Waals surface area contributed by atoms with Crippen LogP contribution in [0.15, 0.2) is 40.3 Å². The Morgan fingerprint density at radius 3 is 2.57 bits per heavy atom. The number of benzene rings is 1. The summed E-state index contributed by atoms with van der Waals surface area (Å²) in [7, 11) is -3.89. The van der Waals surface area contributed by atoms with E-state index in [1.165, 1.54) is 12.1 Å². The first-order valence-corrected chi connectivity index (χ1v) is 7.39. The minimum atomic E-state index is -3.89. The minimum Gasteiger partial charge on any atom is -0.369 e. The van der Waals surface area contributed by atoms with E-state index in [9.17, 15) is 13.2 Å². The summed E-state index contributed by atoms with van der Waals surface area (Å²) < 4.78 is 26.0. The van der Waals surface area contributed by atoms with Crippen LogP contribution in [-0.4, -0.2) is 27.3 Å². The van der Waals surface area contributed by atoms with Crippen molar-refractivity contribution in [2.45, 2.75) is 11.8 Å². The Kier molecular flexibility index (Phi) is 2.80. The van der Waals surface area contributed by atoms with Gasteiger partial charge in [0.05, 0.1) is 4.90 Å². The van der Waals surface area contributed by atoms with Crippen molar-refractivity contribution in [3.8, 4) is 0 Å². The van der Waals surface area contributed by atoms with Gasteiger partial charge in [-0.2, -0.15) is 4.98 Å². The molecule has 0 unspecified atom stereocenters. The molecule has 0 bridgehead atoms. The smallest absolute Gasteiger partial charge is 0.280 e. The SMILES string of the molecule is Cc1ccc(S(=O)(=O)n2cnc3c(=O)[nH]c(N)nc32)cc1. The molecule has 0 atom stereocenters. The Labute approximate surface area is 119 Å². The number of hydrogen-bond acceptors (Lipinski definition) is 6. The lowest BCUT2D eigenvalue weighted by Gasteiger charge is -2.06. The first-order valence-electron chi connectivity index (χ1n) is 5.95. The van der Waals surface area contributed by atoms with Crippen molar-refractivity contribution in [2.75, 3.05) is 5.73 Å².